The Bertz CT molecular complexity index is 290. The number of nitrogens with one attached hydrogen (secondary N) is 1. The molecule has 0 saturated carbocycles. The van der Waals surface area contributed by atoms with Crippen LogP contribution in [-0.4, -0.2) is 22.7 Å². The Hall–Kier alpha value is -1.32. The zero-order chi connectivity index (χ0) is 9.14. The van der Waals surface area contributed by atoms with Crippen molar-refractivity contribution in [3.8, 4) is 0 Å². The molecule has 4 nitrogen and oxygen atoms in total. The molecule has 0 radical (unpaired) electrons. The SMILES string of the molecule is CCn1ncc(C)c1C(=O)NC. The van der Waals surface area contributed by atoms with Crippen LogP contribution in [0.25, 0.3) is 0 Å². The smallest absolute Gasteiger partial charge is 0.269 e. The summed E-state index contributed by atoms with van der Waals surface area (Å²) in [6.45, 7) is 4.55. The molecule has 1 aromatic heterocycles. The fraction of sp³-hybridized carbons (Fsp3) is 0.500. The average molecular weight is 167 g/mol. The van der Waals surface area contributed by atoms with Crippen LogP contribution in [0.2, 0.25) is 0 Å². The molecule has 1 N–H and O–H groups in total. The predicted octanol–water partition coefficient (Wildman–Crippen LogP) is 0.571. The summed E-state index contributed by atoms with van der Waals surface area (Å²) in [5.74, 6) is -0.0770. The van der Waals surface area contributed by atoms with Gasteiger partial charge in [-0.25, -0.2) is 0 Å². The number of aryl methyl sites for hydroxylation is 2. The van der Waals surface area contributed by atoms with Crippen molar-refractivity contribution in [3.63, 3.8) is 0 Å². The summed E-state index contributed by atoms with van der Waals surface area (Å²) in [5, 5.41) is 6.64. The summed E-state index contributed by atoms with van der Waals surface area (Å²) < 4.78 is 1.69. The first-order valence-electron chi connectivity index (χ1n) is 3.95. The molecular weight excluding hydrogens is 154 g/mol. The number of amides is 1. The van der Waals surface area contributed by atoms with Crippen molar-refractivity contribution in [2.24, 2.45) is 0 Å². The molecule has 0 aromatic carbocycles. The highest BCUT2D eigenvalue weighted by Crippen LogP contribution is 2.06. The number of carbonyl (C=O) groups excluding carboxylic acids is 1. The van der Waals surface area contributed by atoms with E-state index in [-0.39, 0.29) is 5.91 Å². The number of hydrogen-bond donors (Lipinski definition) is 1. The van der Waals surface area contributed by atoms with E-state index >= 15 is 0 Å². The lowest BCUT2D eigenvalue weighted by molar-refractivity contribution is 0.0952. The molecule has 0 aliphatic rings. The predicted molar refractivity (Wildman–Crippen MR) is 46.0 cm³/mol. The van der Waals surface area contributed by atoms with Crippen LogP contribution in [0.3, 0.4) is 0 Å². The van der Waals surface area contributed by atoms with Crippen molar-refractivity contribution >= 4 is 5.91 Å². The number of aromatic nitrogens is 2. The topological polar surface area (TPSA) is 46.9 Å². The Morgan fingerprint density at radius 1 is 1.75 bits per heavy atom. The maximum absolute atomic E-state index is 11.3. The number of hydrogen-bond acceptors (Lipinski definition) is 2. The highest BCUT2D eigenvalue weighted by atomic mass is 16.1. The van der Waals surface area contributed by atoms with Gasteiger partial charge >= 0.3 is 0 Å². The van der Waals surface area contributed by atoms with Crippen LogP contribution in [0, 0.1) is 6.92 Å². The second-order valence-electron chi connectivity index (χ2n) is 2.57. The van der Waals surface area contributed by atoms with Gasteiger partial charge in [0.25, 0.3) is 5.91 Å². The van der Waals surface area contributed by atoms with E-state index < -0.39 is 0 Å². The highest BCUT2D eigenvalue weighted by Gasteiger charge is 2.12. The van der Waals surface area contributed by atoms with Crippen molar-refractivity contribution in [1.29, 1.82) is 0 Å². The second kappa shape index (κ2) is 3.38. The molecule has 0 bridgehead atoms. The molecule has 1 amide bonds. The van der Waals surface area contributed by atoms with Crippen LogP contribution in [0.15, 0.2) is 6.20 Å². The van der Waals surface area contributed by atoms with Crippen LogP contribution in [0.4, 0.5) is 0 Å². The van der Waals surface area contributed by atoms with Crippen molar-refractivity contribution in [2.45, 2.75) is 20.4 Å². The number of nitrogens with zero attached hydrogens (tertiary/aromatic N) is 2. The van der Waals surface area contributed by atoms with Crippen LogP contribution in [0.1, 0.15) is 23.0 Å². The number of rotatable bonds is 2. The van der Waals surface area contributed by atoms with Gasteiger partial charge in [0.15, 0.2) is 0 Å². The molecular formula is C8H13N3O. The van der Waals surface area contributed by atoms with Crippen molar-refractivity contribution in [1.82, 2.24) is 15.1 Å². The third kappa shape index (κ3) is 1.32. The molecule has 1 heterocycles. The zero-order valence-electron chi connectivity index (χ0n) is 7.59. The normalized spacial score (nSPS) is 9.92. The first-order valence-corrected chi connectivity index (χ1v) is 3.95. The monoisotopic (exact) mass is 167 g/mol. The van der Waals surface area contributed by atoms with E-state index in [1.54, 1.807) is 17.9 Å². The van der Waals surface area contributed by atoms with Gasteiger partial charge < -0.3 is 5.32 Å². The Morgan fingerprint density at radius 3 is 2.92 bits per heavy atom. The van der Waals surface area contributed by atoms with Gasteiger partial charge in [0, 0.05) is 13.6 Å². The van der Waals surface area contributed by atoms with Crippen LogP contribution in [-0.2, 0) is 6.54 Å². The van der Waals surface area contributed by atoms with Crippen LogP contribution in [0.5, 0.6) is 0 Å². The molecule has 12 heavy (non-hydrogen) atoms. The van der Waals surface area contributed by atoms with E-state index in [1.807, 2.05) is 13.8 Å². The first-order chi connectivity index (χ1) is 5.70. The standard InChI is InChI=1S/C8H13N3O/c1-4-11-7(8(12)9-3)6(2)5-10-11/h5H,4H2,1-3H3,(H,9,12). The average Bonchev–Trinajstić information content (AvgIpc) is 2.45. The molecule has 4 heteroatoms. The van der Waals surface area contributed by atoms with Gasteiger partial charge in [-0.1, -0.05) is 0 Å². The molecule has 0 fully saturated rings. The van der Waals surface area contributed by atoms with E-state index in [2.05, 4.69) is 10.4 Å². The molecule has 0 saturated heterocycles. The third-order valence-corrected chi connectivity index (χ3v) is 1.76. The Balaban J connectivity index is 3.10. The highest BCUT2D eigenvalue weighted by molar-refractivity contribution is 5.93. The molecule has 0 aliphatic heterocycles. The van der Waals surface area contributed by atoms with E-state index in [4.69, 9.17) is 0 Å². The van der Waals surface area contributed by atoms with E-state index in [1.165, 1.54) is 0 Å². The Labute approximate surface area is 71.6 Å². The van der Waals surface area contributed by atoms with E-state index in [9.17, 15) is 4.79 Å². The van der Waals surface area contributed by atoms with Gasteiger partial charge in [-0.15, -0.1) is 0 Å². The maximum Gasteiger partial charge on any atom is 0.269 e. The number of carbonyl (C=O) groups is 1. The fourth-order valence-electron chi connectivity index (χ4n) is 1.13. The Kier molecular flexibility index (Phi) is 2.47. The van der Waals surface area contributed by atoms with Gasteiger partial charge in [0.05, 0.1) is 6.20 Å². The van der Waals surface area contributed by atoms with E-state index in [0.29, 0.717) is 5.69 Å². The van der Waals surface area contributed by atoms with Crippen LogP contribution < -0.4 is 5.32 Å². The van der Waals surface area contributed by atoms with Gasteiger partial charge in [0.1, 0.15) is 5.69 Å². The van der Waals surface area contributed by atoms with Gasteiger partial charge in [-0.05, 0) is 19.4 Å². The summed E-state index contributed by atoms with van der Waals surface area (Å²) >= 11 is 0. The largest absolute Gasteiger partial charge is 0.354 e. The Morgan fingerprint density at radius 2 is 2.42 bits per heavy atom. The van der Waals surface area contributed by atoms with Gasteiger partial charge in [0.2, 0.25) is 0 Å². The first kappa shape index (κ1) is 8.77. The lowest BCUT2D eigenvalue weighted by atomic mass is 10.2. The lowest BCUT2D eigenvalue weighted by Crippen LogP contribution is -2.22. The molecule has 0 spiro atoms. The second-order valence-corrected chi connectivity index (χ2v) is 2.57. The van der Waals surface area contributed by atoms with Crippen molar-refractivity contribution in [3.05, 3.63) is 17.5 Å². The van der Waals surface area contributed by atoms with Crippen LogP contribution >= 0.6 is 0 Å². The molecule has 0 atom stereocenters. The maximum atomic E-state index is 11.3. The molecule has 1 rings (SSSR count). The van der Waals surface area contributed by atoms with E-state index in [0.717, 1.165) is 12.1 Å². The summed E-state index contributed by atoms with van der Waals surface area (Å²) in [5.41, 5.74) is 1.57. The minimum Gasteiger partial charge on any atom is -0.354 e. The minimum atomic E-state index is -0.0770. The quantitative estimate of drug-likeness (QED) is 0.700. The summed E-state index contributed by atoms with van der Waals surface area (Å²) in [7, 11) is 1.62. The van der Waals surface area contributed by atoms with Gasteiger partial charge in [-0.2, -0.15) is 5.10 Å². The fourth-order valence-corrected chi connectivity index (χ4v) is 1.13. The molecule has 66 valence electrons. The van der Waals surface area contributed by atoms with Crippen molar-refractivity contribution in [2.75, 3.05) is 7.05 Å². The minimum absolute atomic E-state index is 0.0770. The van der Waals surface area contributed by atoms with Gasteiger partial charge in [-0.3, -0.25) is 9.48 Å². The molecule has 0 aliphatic carbocycles. The summed E-state index contributed by atoms with van der Waals surface area (Å²) in [6.07, 6.45) is 1.70. The zero-order valence-corrected chi connectivity index (χ0v) is 7.59. The molecule has 0 unspecified atom stereocenters. The van der Waals surface area contributed by atoms with Crippen molar-refractivity contribution < 1.29 is 4.79 Å². The summed E-state index contributed by atoms with van der Waals surface area (Å²) in [6, 6.07) is 0. The third-order valence-electron chi connectivity index (χ3n) is 1.76. The molecule has 1 aromatic rings. The summed E-state index contributed by atoms with van der Waals surface area (Å²) in [4.78, 5) is 11.3. The lowest BCUT2D eigenvalue weighted by Gasteiger charge is -2.03.